The van der Waals surface area contributed by atoms with Crippen LogP contribution in [0.5, 0.6) is 11.5 Å². The summed E-state index contributed by atoms with van der Waals surface area (Å²) in [7, 11) is 0.759. The molecule has 0 bridgehead atoms. The predicted octanol–water partition coefficient (Wildman–Crippen LogP) is 4.01. The molecule has 0 spiro atoms. The minimum absolute atomic E-state index is 0.307. The van der Waals surface area contributed by atoms with Crippen LogP contribution in [0.25, 0.3) is 11.1 Å². The molecular formula is C18H8F7NO3. The smallest absolute Gasteiger partial charge is 0.483 e. The number of amides is 1. The number of benzene rings is 2. The third-order valence-electron chi connectivity index (χ3n) is 4.02. The lowest BCUT2D eigenvalue weighted by atomic mass is 10.0. The topological polar surface area (TPSA) is 38.8 Å². The maximum Gasteiger partial charge on any atom is 0.483 e. The van der Waals surface area contributed by atoms with Crippen LogP contribution in [0, 0.1) is 41.4 Å². The Morgan fingerprint density at radius 3 is 2.34 bits per heavy atom. The van der Waals surface area contributed by atoms with Gasteiger partial charge in [0.25, 0.3) is 0 Å². The molecule has 152 valence electrons. The Kier molecular flexibility index (Phi) is 4.82. The molecule has 1 aliphatic heterocycles. The number of fused-ring (bicyclic) bond motifs is 1. The SMILES string of the molecule is C#CCN1C(=O)C(F)(F)Oc2cc(F)c(-c3c(F)c(F)c(F)c(OC)c3F)cc21. The first-order chi connectivity index (χ1) is 13.5. The normalized spacial score (nSPS) is 14.9. The molecule has 1 aliphatic rings. The average molecular weight is 419 g/mol. The first kappa shape index (κ1) is 20.3. The van der Waals surface area contributed by atoms with E-state index in [0.29, 0.717) is 17.0 Å². The number of ether oxygens (including phenoxy) is 2. The van der Waals surface area contributed by atoms with Crippen LogP contribution in [0.3, 0.4) is 0 Å². The summed E-state index contributed by atoms with van der Waals surface area (Å²) in [6.45, 7) is -0.720. The summed E-state index contributed by atoms with van der Waals surface area (Å²) in [4.78, 5) is 12.2. The zero-order valence-electron chi connectivity index (χ0n) is 14.3. The molecule has 0 saturated carbocycles. The maximum atomic E-state index is 14.5. The maximum absolute atomic E-state index is 14.5. The highest BCUT2D eigenvalue weighted by molar-refractivity contribution is 6.02. The molecule has 29 heavy (non-hydrogen) atoms. The zero-order chi connectivity index (χ0) is 21.7. The molecule has 0 unspecified atom stereocenters. The Hall–Kier alpha value is -3.42. The molecule has 4 nitrogen and oxygen atoms in total. The van der Waals surface area contributed by atoms with Crippen LogP contribution >= 0.6 is 0 Å². The van der Waals surface area contributed by atoms with E-state index in [0.717, 1.165) is 7.11 Å². The van der Waals surface area contributed by atoms with Gasteiger partial charge in [-0.15, -0.1) is 6.42 Å². The van der Waals surface area contributed by atoms with Gasteiger partial charge in [-0.3, -0.25) is 9.69 Å². The number of rotatable bonds is 3. The standard InChI is InChI=1S/C18H8F7NO3/c1-3-4-26-9-5-7(8(19)6-10(9)29-18(24,25)17(26)27)11-12(20)14(22)15(23)16(28-2)13(11)21/h1,5-6H,4H2,2H3. The third kappa shape index (κ3) is 3.00. The fraction of sp³-hybridized carbons (Fsp3) is 0.167. The first-order valence-electron chi connectivity index (χ1n) is 7.61. The highest BCUT2D eigenvalue weighted by atomic mass is 19.3. The average Bonchev–Trinajstić information content (AvgIpc) is 2.65. The number of halogens is 7. The molecule has 0 N–H and O–H groups in total. The number of hydrogen-bond acceptors (Lipinski definition) is 3. The quantitative estimate of drug-likeness (QED) is 0.327. The van der Waals surface area contributed by atoms with Crippen molar-refractivity contribution in [2.45, 2.75) is 6.11 Å². The fourth-order valence-electron chi connectivity index (χ4n) is 2.75. The van der Waals surface area contributed by atoms with E-state index < -0.39 is 76.0 Å². The van der Waals surface area contributed by atoms with Crippen molar-refractivity contribution < 1.29 is 45.0 Å². The van der Waals surface area contributed by atoms with Gasteiger partial charge in [-0.25, -0.2) is 17.6 Å². The summed E-state index contributed by atoms with van der Waals surface area (Å²) < 4.78 is 107. The summed E-state index contributed by atoms with van der Waals surface area (Å²) in [6.07, 6.45) is 0.662. The molecular weight excluding hydrogens is 411 g/mol. The van der Waals surface area contributed by atoms with Crippen LogP contribution in [-0.2, 0) is 4.79 Å². The van der Waals surface area contributed by atoms with Gasteiger partial charge in [0, 0.05) is 11.6 Å². The van der Waals surface area contributed by atoms with Gasteiger partial charge in [-0.05, 0) is 6.07 Å². The van der Waals surface area contributed by atoms with E-state index in [1.54, 1.807) is 0 Å². The summed E-state index contributed by atoms with van der Waals surface area (Å²) >= 11 is 0. The van der Waals surface area contributed by atoms with Gasteiger partial charge in [-0.1, -0.05) is 5.92 Å². The van der Waals surface area contributed by atoms with Crippen molar-refractivity contribution in [3.05, 3.63) is 41.2 Å². The van der Waals surface area contributed by atoms with Crippen LogP contribution in [0.2, 0.25) is 0 Å². The van der Waals surface area contributed by atoms with Crippen molar-refractivity contribution in [3.63, 3.8) is 0 Å². The van der Waals surface area contributed by atoms with E-state index in [4.69, 9.17) is 6.42 Å². The van der Waals surface area contributed by atoms with Gasteiger partial charge >= 0.3 is 12.0 Å². The fourth-order valence-corrected chi connectivity index (χ4v) is 2.75. The molecule has 2 aromatic rings. The summed E-state index contributed by atoms with van der Waals surface area (Å²) in [5.41, 5.74) is -2.95. The van der Waals surface area contributed by atoms with Crippen LogP contribution in [0.15, 0.2) is 12.1 Å². The van der Waals surface area contributed by atoms with Crippen molar-refractivity contribution in [1.82, 2.24) is 0 Å². The number of hydrogen-bond donors (Lipinski definition) is 0. The minimum Gasteiger partial charge on any atom is -0.491 e. The Bertz CT molecular complexity index is 1080. The van der Waals surface area contributed by atoms with Crippen LogP contribution in [-0.4, -0.2) is 25.7 Å². The summed E-state index contributed by atoms with van der Waals surface area (Å²) in [5, 5.41) is 0. The molecule has 0 aromatic heterocycles. The predicted molar refractivity (Wildman–Crippen MR) is 85.0 cm³/mol. The van der Waals surface area contributed by atoms with Gasteiger partial charge < -0.3 is 9.47 Å². The lowest BCUT2D eigenvalue weighted by molar-refractivity contribution is -0.192. The molecule has 0 fully saturated rings. The van der Waals surface area contributed by atoms with Crippen molar-refractivity contribution in [2.24, 2.45) is 0 Å². The van der Waals surface area contributed by atoms with Gasteiger partial charge in [0.2, 0.25) is 5.82 Å². The Morgan fingerprint density at radius 2 is 1.76 bits per heavy atom. The third-order valence-corrected chi connectivity index (χ3v) is 4.02. The van der Waals surface area contributed by atoms with E-state index in [1.807, 2.05) is 5.92 Å². The zero-order valence-corrected chi connectivity index (χ0v) is 14.3. The van der Waals surface area contributed by atoms with Crippen LogP contribution < -0.4 is 14.4 Å². The Balaban J connectivity index is 2.32. The minimum atomic E-state index is -4.38. The monoisotopic (exact) mass is 419 g/mol. The van der Waals surface area contributed by atoms with Gasteiger partial charge in [0.1, 0.15) is 5.82 Å². The molecule has 1 heterocycles. The number of methoxy groups -OCH3 is 1. The van der Waals surface area contributed by atoms with E-state index >= 15 is 0 Å². The van der Waals surface area contributed by atoms with Crippen LogP contribution in [0.1, 0.15) is 0 Å². The van der Waals surface area contributed by atoms with Crippen LogP contribution in [0.4, 0.5) is 36.4 Å². The van der Waals surface area contributed by atoms with Crippen molar-refractivity contribution >= 4 is 11.6 Å². The molecule has 0 atom stereocenters. The van der Waals surface area contributed by atoms with E-state index in [9.17, 15) is 35.5 Å². The van der Waals surface area contributed by atoms with E-state index in [1.165, 1.54) is 0 Å². The number of carbonyl (C=O) groups excluding carboxylic acids is 1. The van der Waals surface area contributed by atoms with E-state index in [2.05, 4.69) is 9.47 Å². The van der Waals surface area contributed by atoms with Crippen molar-refractivity contribution in [1.29, 1.82) is 0 Å². The largest absolute Gasteiger partial charge is 0.491 e. The van der Waals surface area contributed by atoms with Gasteiger partial charge in [-0.2, -0.15) is 13.2 Å². The molecule has 11 heteroatoms. The number of terminal acetylenes is 1. The van der Waals surface area contributed by atoms with Gasteiger partial charge in [0.05, 0.1) is 24.9 Å². The summed E-state index contributed by atoms with van der Waals surface area (Å²) in [5.74, 6) is -11.8. The van der Waals surface area contributed by atoms with Crippen molar-refractivity contribution in [3.8, 4) is 35.0 Å². The first-order valence-corrected chi connectivity index (χ1v) is 7.61. The molecule has 3 rings (SSSR count). The second kappa shape index (κ2) is 6.88. The highest BCUT2D eigenvalue weighted by Gasteiger charge is 2.50. The molecule has 2 aromatic carbocycles. The Labute approximate surface area is 158 Å². The van der Waals surface area contributed by atoms with Crippen molar-refractivity contribution in [2.75, 3.05) is 18.6 Å². The number of anilines is 1. The summed E-state index contributed by atoms with van der Waals surface area (Å²) in [6, 6.07) is 0.856. The van der Waals surface area contributed by atoms with Gasteiger partial charge in [0.15, 0.2) is 29.0 Å². The lowest BCUT2D eigenvalue weighted by Crippen LogP contribution is -2.51. The molecule has 1 amide bonds. The lowest BCUT2D eigenvalue weighted by Gasteiger charge is -2.32. The van der Waals surface area contributed by atoms with E-state index in [-0.39, 0.29) is 0 Å². The molecule has 0 saturated heterocycles. The molecule has 0 aliphatic carbocycles. The number of nitrogens with zero attached hydrogens (tertiary/aromatic N) is 1. The number of carbonyl (C=O) groups is 1. The second-order valence-electron chi connectivity index (χ2n) is 5.68. The Morgan fingerprint density at radius 1 is 1.10 bits per heavy atom. The second-order valence-corrected chi connectivity index (χ2v) is 5.68. The highest BCUT2D eigenvalue weighted by Crippen LogP contribution is 2.45. The molecule has 0 radical (unpaired) electrons. The number of alkyl halides is 2.